The molecule has 1 saturated heterocycles. The molecule has 0 spiro atoms. The maximum absolute atomic E-state index is 11.4. The topological polar surface area (TPSA) is 50.2 Å². The standard InChI is InChI=1S/C9H14N4O/c1-12-4-2-8(11-12)7-13-5-3-10-6-9(13)14/h2,4,10H,3,5-7H2,1H3. The molecule has 5 nitrogen and oxygen atoms in total. The van der Waals surface area contributed by atoms with Gasteiger partial charge in [0.2, 0.25) is 5.91 Å². The van der Waals surface area contributed by atoms with Crippen LogP contribution in [0.2, 0.25) is 0 Å². The number of hydrogen-bond acceptors (Lipinski definition) is 3. The van der Waals surface area contributed by atoms with Crippen molar-refractivity contribution in [2.45, 2.75) is 6.54 Å². The lowest BCUT2D eigenvalue weighted by Gasteiger charge is -2.26. The van der Waals surface area contributed by atoms with Crippen molar-refractivity contribution in [2.24, 2.45) is 7.05 Å². The van der Waals surface area contributed by atoms with Crippen molar-refractivity contribution in [3.63, 3.8) is 0 Å². The Kier molecular flexibility index (Phi) is 2.49. The number of hydrogen-bond donors (Lipinski definition) is 1. The normalized spacial score (nSPS) is 17.5. The third kappa shape index (κ3) is 1.93. The molecule has 0 bridgehead atoms. The average molecular weight is 194 g/mol. The van der Waals surface area contributed by atoms with Crippen LogP contribution < -0.4 is 5.32 Å². The van der Waals surface area contributed by atoms with Gasteiger partial charge in [-0.15, -0.1) is 0 Å². The largest absolute Gasteiger partial charge is 0.334 e. The van der Waals surface area contributed by atoms with Gasteiger partial charge in [0.25, 0.3) is 0 Å². The summed E-state index contributed by atoms with van der Waals surface area (Å²) in [5.74, 6) is 0.155. The van der Waals surface area contributed by atoms with E-state index in [9.17, 15) is 4.79 Å². The Hall–Kier alpha value is -1.36. The molecule has 1 aliphatic rings. The minimum Gasteiger partial charge on any atom is -0.334 e. The van der Waals surface area contributed by atoms with Crippen molar-refractivity contribution in [3.05, 3.63) is 18.0 Å². The Morgan fingerprint density at radius 2 is 2.50 bits per heavy atom. The number of piperazine rings is 1. The van der Waals surface area contributed by atoms with Crippen LogP contribution in [0.5, 0.6) is 0 Å². The lowest BCUT2D eigenvalue weighted by Crippen LogP contribution is -2.47. The van der Waals surface area contributed by atoms with E-state index in [0.717, 1.165) is 18.8 Å². The summed E-state index contributed by atoms with van der Waals surface area (Å²) in [6.45, 7) is 2.72. The maximum atomic E-state index is 11.4. The second-order valence-corrected chi connectivity index (χ2v) is 3.47. The number of amides is 1. The maximum Gasteiger partial charge on any atom is 0.236 e. The number of carbonyl (C=O) groups is 1. The molecule has 0 aromatic carbocycles. The molecule has 1 aromatic heterocycles. The first-order chi connectivity index (χ1) is 6.75. The van der Waals surface area contributed by atoms with Crippen LogP contribution in [0.15, 0.2) is 12.3 Å². The zero-order valence-electron chi connectivity index (χ0n) is 8.23. The molecule has 14 heavy (non-hydrogen) atoms. The number of rotatable bonds is 2. The Bertz CT molecular complexity index is 333. The van der Waals surface area contributed by atoms with E-state index in [1.165, 1.54) is 0 Å². The molecule has 0 unspecified atom stereocenters. The van der Waals surface area contributed by atoms with Gasteiger partial charge in [-0.3, -0.25) is 9.48 Å². The zero-order valence-corrected chi connectivity index (χ0v) is 8.23. The number of nitrogens with zero attached hydrogens (tertiary/aromatic N) is 3. The van der Waals surface area contributed by atoms with Crippen LogP contribution in [0.25, 0.3) is 0 Å². The van der Waals surface area contributed by atoms with E-state index in [-0.39, 0.29) is 5.91 Å². The van der Waals surface area contributed by atoms with Gasteiger partial charge in [-0.2, -0.15) is 5.10 Å². The van der Waals surface area contributed by atoms with E-state index in [1.54, 1.807) is 4.68 Å². The predicted molar refractivity (Wildman–Crippen MR) is 51.5 cm³/mol. The van der Waals surface area contributed by atoms with Crippen molar-refractivity contribution >= 4 is 5.91 Å². The quantitative estimate of drug-likeness (QED) is 0.680. The summed E-state index contributed by atoms with van der Waals surface area (Å²) in [4.78, 5) is 13.3. The number of aryl methyl sites for hydroxylation is 1. The van der Waals surface area contributed by atoms with Gasteiger partial charge in [-0.1, -0.05) is 0 Å². The molecule has 1 aromatic rings. The second-order valence-electron chi connectivity index (χ2n) is 3.47. The fourth-order valence-corrected chi connectivity index (χ4v) is 1.56. The molecule has 0 radical (unpaired) electrons. The van der Waals surface area contributed by atoms with Gasteiger partial charge < -0.3 is 10.2 Å². The number of aromatic nitrogens is 2. The van der Waals surface area contributed by atoms with Crippen molar-refractivity contribution in [3.8, 4) is 0 Å². The second kappa shape index (κ2) is 3.79. The zero-order chi connectivity index (χ0) is 9.97. The monoisotopic (exact) mass is 194 g/mol. The molecule has 1 amide bonds. The highest BCUT2D eigenvalue weighted by Gasteiger charge is 2.18. The SMILES string of the molecule is Cn1ccc(CN2CCNCC2=O)n1. The lowest BCUT2D eigenvalue weighted by atomic mass is 10.3. The summed E-state index contributed by atoms with van der Waals surface area (Å²) < 4.78 is 1.75. The average Bonchev–Trinajstić information content (AvgIpc) is 2.56. The van der Waals surface area contributed by atoms with E-state index in [4.69, 9.17) is 0 Å². The molecule has 76 valence electrons. The lowest BCUT2D eigenvalue weighted by molar-refractivity contribution is -0.132. The Morgan fingerprint density at radius 3 is 3.14 bits per heavy atom. The molecular weight excluding hydrogens is 180 g/mol. The fraction of sp³-hybridized carbons (Fsp3) is 0.556. The molecule has 0 atom stereocenters. The third-order valence-electron chi connectivity index (χ3n) is 2.31. The van der Waals surface area contributed by atoms with Crippen LogP contribution >= 0.6 is 0 Å². The Labute approximate surface area is 82.7 Å². The molecule has 2 heterocycles. The first kappa shape index (κ1) is 9.21. The van der Waals surface area contributed by atoms with Gasteiger partial charge in [0, 0.05) is 26.3 Å². The minimum absolute atomic E-state index is 0.155. The van der Waals surface area contributed by atoms with Gasteiger partial charge >= 0.3 is 0 Å². The van der Waals surface area contributed by atoms with Gasteiger partial charge in [-0.25, -0.2) is 0 Å². The van der Waals surface area contributed by atoms with Gasteiger partial charge in [0.1, 0.15) is 0 Å². The van der Waals surface area contributed by atoms with Crippen LogP contribution in [0.3, 0.4) is 0 Å². The van der Waals surface area contributed by atoms with Crippen LogP contribution in [0.1, 0.15) is 5.69 Å². The van der Waals surface area contributed by atoms with Crippen LogP contribution in [-0.2, 0) is 18.4 Å². The highest BCUT2D eigenvalue weighted by Crippen LogP contribution is 2.03. The smallest absolute Gasteiger partial charge is 0.236 e. The molecule has 1 aliphatic heterocycles. The highest BCUT2D eigenvalue weighted by molar-refractivity contribution is 5.78. The van der Waals surface area contributed by atoms with E-state index in [2.05, 4.69) is 10.4 Å². The van der Waals surface area contributed by atoms with E-state index >= 15 is 0 Å². The van der Waals surface area contributed by atoms with E-state index in [0.29, 0.717) is 13.1 Å². The van der Waals surface area contributed by atoms with Crippen molar-refractivity contribution < 1.29 is 4.79 Å². The first-order valence-electron chi connectivity index (χ1n) is 4.73. The van der Waals surface area contributed by atoms with Gasteiger partial charge in [0.05, 0.1) is 18.8 Å². The summed E-state index contributed by atoms with van der Waals surface area (Å²) in [6.07, 6.45) is 1.89. The summed E-state index contributed by atoms with van der Waals surface area (Å²) in [6, 6.07) is 1.94. The summed E-state index contributed by atoms with van der Waals surface area (Å²) in [5.41, 5.74) is 0.947. The molecule has 0 saturated carbocycles. The number of nitrogens with one attached hydrogen (secondary N) is 1. The predicted octanol–water partition coefficient (Wildman–Crippen LogP) is -0.648. The summed E-state index contributed by atoms with van der Waals surface area (Å²) in [5, 5.41) is 7.28. The minimum atomic E-state index is 0.155. The Balaban J connectivity index is 1.99. The third-order valence-corrected chi connectivity index (χ3v) is 2.31. The molecule has 2 rings (SSSR count). The van der Waals surface area contributed by atoms with Crippen LogP contribution in [0, 0.1) is 0 Å². The van der Waals surface area contributed by atoms with Gasteiger partial charge in [-0.05, 0) is 6.07 Å². The van der Waals surface area contributed by atoms with Crippen molar-refractivity contribution in [1.29, 1.82) is 0 Å². The molecule has 1 fully saturated rings. The molecule has 1 N–H and O–H groups in total. The summed E-state index contributed by atoms with van der Waals surface area (Å²) >= 11 is 0. The first-order valence-corrected chi connectivity index (χ1v) is 4.73. The highest BCUT2D eigenvalue weighted by atomic mass is 16.2. The Morgan fingerprint density at radius 1 is 1.64 bits per heavy atom. The van der Waals surface area contributed by atoms with Gasteiger partial charge in [0.15, 0.2) is 0 Å². The number of carbonyl (C=O) groups excluding carboxylic acids is 1. The molecule has 0 aliphatic carbocycles. The fourth-order valence-electron chi connectivity index (χ4n) is 1.56. The summed E-state index contributed by atoms with van der Waals surface area (Å²) in [7, 11) is 1.88. The van der Waals surface area contributed by atoms with E-state index in [1.807, 2.05) is 24.2 Å². The molecular formula is C9H14N4O. The molecule has 5 heteroatoms. The van der Waals surface area contributed by atoms with Crippen molar-refractivity contribution in [1.82, 2.24) is 20.0 Å². The van der Waals surface area contributed by atoms with Crippen molar-refractivity contribution in [2.75, 3.05) is 19.6 Å². The van der Waals surface area contributed by atoms with Crippen LogP contribution in [0.4, 0.5) is 0 Å². The van der Waals surface area contributed by atoms with Crippen LogP contribution in [-0.4, -0.2) is 40.2 Å². The van der Waals surface area contributed by atoms with E-state index < -0.39 is 0 Å².